The van der Waals surface area contributed by atoms with Crippen LogP contribution in [0.3, 0.4) is 0 Å². The highest BCUT2D eigenvalue weighted by Gasteiger charge is 2.06. The summed E-state index contributed by atoms with van der Waals surface area (Å²) in [4.78, 5) is 11.0. The first kappa shape index (κ1) is 8.62. The summed E-state index contributed by atoms with van der Waals surface area (Å²) in [6.07, 6.45) is 0. The van der Waals surface area contributed by atoms with E-state index in [2.05, 4.69) is 17.9 Å². The standard InChI is InChI=1S/C7H9NOS2/c1-5(10)7(9)8-6-2-3-11-4-6/h2-5,10H,1H3,(H,8,9). The molecule has 1 aromatic heterocycles. The van der Waals surface area contributed by atoms with Crippen LogP contribution in [0.25, 0.3) is 0 Å². The Balaban J connectivity index is 2.50. The lowest BCUT2D eigenvalue weighted by atomic mass is 10.4. The van der Waals surface area contributed by atoms with Gasteiger partial charge in [0.05, 0.1) is 10.9 Å². The second-order valence-electron chi connectivity index (χ2n) is 2.18. The largest absolute Gasteiger partial charge is 0.324 e. The van der Waals surface area contributed by atoms with E-state index in [1.807, 2.05) is 16.8 Å². The van der Waals surface area contributed by atoms with Crippen molar-refractivity contribution in [2.24, 2.45) is 0 Å². The molecule has 1 aromatic rings. The summed E-state index contributed by atoms with van der Waals surface area (Å²) in [5, 5.41) is 6.26. The summed E-state index contributed by atoms with van der Waals surface area (Å²) in [6.45, 7) is 1.74. The van der Waals surface area contributed by atoms with Crippen LogP contribution in [0.15, 0.2) is 16.8 Å². The van der Waals surface area contributed by atoms with Crippen molar-refractivity contribution in [3.05, 3.63) is 16.8 Å². The maximum atomic E-state index is 11.0. The number of hydrogen-bond donors (Lipinski definition) is 2. The molecule has 11 heavy (non-hydrogen) atoms. The number of amides is 1. The first-order chi connectivity index (χ1) is 5.20. The third-order valence-corrected chi connectivity index (χ3v) is 2.09. The topological polar surface area (TPSA) is 29.1 Å². The highest BCUT2D eigenvalue weighted by Crippen LogP contribution is 2.12. The lowest BCUT2D eigenvalue weighted by molar-refractivity contribution is -0.115. The normalized spacial score (nSPS) is 12.5. The quantitative estimate of drug-likeness (QED) is 0.681. The Kier molecular flexibility index (Phi) is 2.96. The number of thiophene rings is 1. The molecule has 1 rings (SSSR count). The second kappa shape index (κ2) is 3.78. The van der Waals surface area contributed by atoms with Gasteiger partial charge in [-0.05, 0) is 18.4 Å². The molecule has 1 N–H and O–H groups in total. The molecule has 1 unspecified atom stereocenters. The van der Waals surface area contributed by atoms with E-state index in [9.17, 15) is 4.79 Å². The molecule has 0 saturated carbocycles. The third kappa shape index (κ3) is 2.55. The van der Waals surface area contributed by atoms with E-state index < -0.39 is 0 Å². The first-order valence-corrected chi connectivity index (χ1v) is 4.67. The van der Waals surface area contributed by atoms with Gasteiger partial charge in [-0.3, -0.25) is 4.79 Å². The molecule has 1 amide bonds. The van der Waals surface area contributed by atoms with Crippen molar-refractivity contribution in [2.45, 2.75) is 12.2 Å². The zero-order chi connectivity index (χ0) is 8.27. The minimum atomic E-state index is -0.255. The summed E-state index contributed by atoms with van der Waals surface area (Å²) in [6, 6.07) is 1.86. The SMILES string of the molecule is CC(S)C(=O)Nc1ccsc1. The van der Waals surface area contributed by atoms with Gasteiger partial charge < -0.3 is 5.32 Å². The Hall–Kier alpha value is -0.480. The number of carbonyl (C=O) groups is 1. The maximum Gasteiger partial charge on any atom is 0.236 e. The van der Waals surface area contributed by atoms with E-state index in [0.29, 0.717) is 0 Å². The van der Waals surface area contributed by atoms with Crippen molar-refractivity contribution in [2.75, 3.05) is 5.32 Å². The molecular weight excluding hydrogens is 178 g/mol. The van der Waals surface area contributed by atoms with Gasteiger partial charge in [-0.25, -0.2) is 0 Å². The van der Waals surface area contributed by atoms with Gasteiger partial charge in [-0.1, -0.05) is 0 Å². The van der Waals surface area contributed by atoms with E-state index in [-0.39, 0.29) is 11.2 Å². The molecule has 2 nitrogen and oxygen atoms in total. The summed E-state index contributed by atoms with van der Waals surface area (Å²) in [7, 11) is 0. The third-order valence-electron chi connectivity index (χ3n) is 1.17. The van der Waals surface area contributed by atoms with Crippen LogP contribution in [0.4, 0.5) is 5.69 Å². The lowest BCUT2D eigenvalue weighted by Crippen LogP contribution is -2.19. The summed E-state index contributed by atoms with van der Waals surface area (Å²) < 4.78 is 0. The minimum absolute atomic E-state index is 0.0632. The average Bonchev–Trinajstić information content (AvgIpc) is 2.39. The highest BCUT2D eigenvalue weighted by molar-refractivity contribution is 7.81. The zero-order valence-electron chi connectivity index (χ0n) is 6.07. The van der Waals surface area contributed by atoms with Gasteiger partial charge in [0, 0.05) is 5.38 Å². The number of hydrogen-bond acceptors (Lipinski definition) is 3. The number of anilines is 1. The molecular formula is C7H9NOS2. The zero-order valence-corrected chi connectivity index (χ0v) is 7.78. The summed E-state index contributed by atoms with van der Waals surface area (Å²) in [5.41, 5.74) is 0.848. The first-order valence-electron chi connectivity index (χ1n) is 3.21. The fraction of sp³-hybridized carbons (Fsp3) is 0.286. The number of thiol groups is 1. The molecule has 60 valence electrons. The predicted molar refractivity (Wildman–Crippen MR) is 51.4 cm³/mol. The molecule has 0 fully saturated rings. The second-order valence-corrected chi connectivity index (χ2v) is 3.73. The summed E-state index contributed by atoms with van der Waals surface area (Å²) in [5.74, 6) is -0.0632. The van der Waals surface area contributed by atoms with Crippen molar-refractivity contribution in [3.8, 4) is 0 Å². The smallest absolute Gasteiger partial charge is 0.236 e. The number of rotatable bonds is 2. The van der Waals surface area contributed by atoms with E-state index >= 15 is 0 Å². The molecule has 0 bridgehead atoms. The van der Waals surface area contributed by atoms with Gasteiger partial charge in [0.2, 0.25) is 5.91 Å². The monoisotopic (exact) mass is 187 g/mol. The van der Waals surface area contributed by atoms with Crippen molar-refractivity contribution in [3.63, 3.8) is 0 Å². The molecule has 0 aromatic carbocycles. The Bertz CT molecular complexity index is 231. The van der Waals surface area contributed by atoms with Crippen LogP contribution in [0.5, 0.6) is 0 Å². The Morgan fingerprint density at radius 2 is 2.55 bits per heavy atom. The van der Waals surface area contributed by atoms with Gasteiger partial charge in [-0.15, -0.1) is 0 Å². The van der Waals surface area contributed by atoms with Gasteiger partial charge in [0.1, 0.15) is 0 Å². The number of carbonyl (C=O) groups excluding carboxylic acids is 1. The fourth-order valence-corrected chi connectivity index (χ4v) is 1.23. The van der Waals surface area contributed by atoms with E-state index in [4.69, 9.17) is 0 Å². The molecule has 1 heterocycles. The van der Waals surface area contributed by atoms with Gasteiger partial charge in [0.25, 0.3) is 0 Å². The molecule has 0 aliphatic rings. The van der Waals surface area contributed by atoms with Crippen molar-refractivity contribution in [1.82, 2.24) is 0 Å². The highest BCUT2D eigenvalue weighted by atomic mass is 32.1. The van der Waals surface area contributed by atoms with Gasteiger partial charge in [-0.2, -0.15) is 24.0 Å². The molecule has 0 spiro atoms. The molecule has 0 saturated heterocycles. The van der Waals surface area contributed by atoms with Crippen LogP contribution in [0.1, 0.15) is 6.92 Å². The molecule has 4 heteroatoms. The van der Waals surface area contributed by atoms with Crippen LogP contribution < -0.4 is 5.32 Å². The summed E-state index contributed by atoms with van der Waals surface area (Å²) >= 11 is 5.55. The molecule has 1 atom stereocenters. The van der Waals surface area contributed by atoms with Crippen LogP contribution in [-0.4, -0.2) is 11.2 Å². The minimum Gasteiger partial charge on any atom is -0.324 e. The van der Waals surface area contributed by atoms with E-state index in [0.717, 1.165) is 5.69 Å². The van der Waals surface area contributed by atoms with Crippen molar-refractivity contribution in [1.29, 1.82) is 0 Å². The Labute approximate surface area is 75.0 Å². The van der Waals surface area contributed by atoms with Crippen molar-refractivity contribution >= 4 is 35.6 Å². The van der Waals surface area contributed by atoms with Crippen LogP contribution in [-0.2, 0) is 4.79 Å². The fourth-order valence-electron chi connectivity index (χ4n) is 0.582. The van der Waals surface area contributed by atoms with Gasteiger partial charge >= 0.3 is 0 Å². The number of nitrogens with one attached hydrogen (secondary N) is 1. The molecule has 0 aliphatic carbocycles. The van der Waals surface area contributed by atoms with Crippen molar-refractivity contribution < 1.29 is 4.79 Å². The maximum absolute atomic E-state index is 11.0. The van der Waals surface area contributed by atoms with Gasteiger partial charge in [0.15, 0.2) is 0 Å². The van der Waals surface area contributed by atoms with Crippen LogP contribution >= 0.6 is 24.0 Å². The average molecular weight is 187 g/mol. The van der Waals surface area contributed by atoms with Crippen LogP contribution in [0, 0.1) is 0 Å². The predicted octanol–water partition coefficient (Wildman–Crippen LogP) is 2.00. The van der Waals surface area contributed by atoms with E-state index in [1.165, 1.54) is 0 Å². The Morgan fingerprint density at radius 3 is 3.00 bits per heavy atom. The molecule has 0 radical (unpaired) electrons. The van der Waals surface area contributed by atoms with Crippen LogP contribution in [0.2, 0.25) is 0 Å². The van der Waals surface area contributed by atoms with E-state index in [1.54, 1.807) is 18.3 Å². The lowest BCUT2D eigenvalue weighted by Gasteiger charge is -2.03. The molecule has 0 aliphatic heterocycles. The Morgan fingerprint density at radius 1 is 1.82 bits per heavy atom.